The second-order valence-corrected chi connectivity index (χ2v) is 5.78. The first-order valence-corrected chi connectivity index (χ1v) is 8.31. The van der Waals surface area contributed by atoms with Crippen molar-refractivity contribution in [2.45, 2.75) is 39.3 Å². The molecule has 120 valence electrons. The standard InChI is InChI=1S/C19H23N3O/c1-3-5-6-13-18(23)22-14-9-12-17(22)19-20-15-10-7-8-11-16(15)21(19)4-2/h3,5-8,10-11,13,17H,4,9,12,14H2,1-2H3/b5-3+,13-6-/t17-/m1/s1. The number of nitrogens with zero attached hydrogens (tertiary/aromatic N) is 3. The second-order valence-electron chi connectivity index (χ2n) is 5.78. The van der Waals surface area contributed by atoms with Gasteiger partial charge in [-0.2, -0.15) is 0 Å². The topological polar surface area (TPSA) is 38.1 Å². The highest BCUT2D eigenvalue weighted by Crippen LogP contribution is 2.33. The van der Waals surface area contributed by atoms with E-state index in [-0.39, 0.29) is 11.9 Å². The van der Waals surface area contributed by atoms with Crippen LogP contribution in [-0.4, -0.2) is 26.9 Å². The van der Waals surface area contributed by atoms with Gasteiger partial charge >= 0.3 is 0 Å². The van der Waals surface area contributed by atoms with Crippen molar-refractivity contribution in [1.82, 2.24) is 14.5 Å². The van der Waals surface area contributed by atoms with E-state index < -0.39 is 0 Å². The molecule has 1 saturated heterocycles. The Morgan fingerprint density at radius 1 is 1.35 bits per heavy atom. The fraction of sp³-hybridized carbons (Fsp3) is 0.368. The predicted molar refractivity (Wildman–Crippen MR) is 93.0 cm³/mol. The van der Waals surface area contributed by atoms with Gasteiger partial charge in [0, 0.05) is 19.2 Å². The highest BCUT2D eigenvalue weighted by molar-refractivity contribution is 5.88. The molecule has 0 N–H and O–H groups in total. The van der Waals surface area contributed by atoms with Crippen molar-refractivity contribution in [2.24, 2.45) is 0 Å². The predicted octanol–water partition coefficient (Wildman–Crippen LogP) is 3.85. The molecule has 4 heteroatoms. The largest absolute Gasteiger partial charge is 0.329 e. The highest BCUT2D eigenvalue weighted by atomic mass is 16.2. The van der Waals surface area contributed by atoms with Crippen LogP contribution >= 0.6 is 0 Å². The maximum Gasteiger partial charge on any atom is 0.247 e. The Hall–Kier alpha value is -2.36. The van der Waals surface area contributed by atoms with Gasteiger partial charge in [-0.15, -0.1) is 0 Å². The Bertz CT molecular complexity index is 757. The number of allylic oxidation sites excluding steroid dienone is 3. The molecule has 3 rings (SSSR count). The van der Waals surface area contributed by atoms with Gasteiger partial charge in [-0.1, -0.05) is 30.4 Å². The molecule has 0 spiro atoms. The van der Waals surface area contributed by atoms with Crippen molar-refractivity contribution in [3.63, 3.8) is 0 Å². The molecule has 1 atom stereocenters. The van der Waals surface area contributed by atoms with Crippen LogP contribution in [-0.2, 0) is 11.3 Å². The third kappa shape index (κ3) is 2.93. The van der Waals surface area contributed by atoms with Crippen molar-refractivity contribution >= 4 is 16.9 Å². The number of para-hydroxylation sites is 2. The second kappa shape index (κ2) is 6.82. The molecule has 1 fully saturated rings. The molecule has 4 nitrogen and oxygen atoms in total. The smallest absolute Gasteiger partial charge is 0.247 e. The Labute approximate surface area is 137 Å². The van der Waals surface area contributed by atoms with Crippen molar-refractivity contribution in [1.29, 1.82) is 0 Å². The summed E-state index contributed by atoms with van der Waals surface area (Å²) in [6.07, 6.45) is 9.26. The number of imidazole rings is 1. The van der Waals surface area contributed by atoms with Crippen molar-refractivity contribution in [2.75, 3.05) is 6.54 Å². The molecule has 23 heavy (non-hydrogen) atoms. The van der Waals surface area contributed by atoms with Gasteiger partial charge in [0.15, 0.2) is 0 Å². The average molecular weight is 309 g/mol. The molecule has 2 heterocycles. The average Bonchev–Trinajstić information content (AvgIpc) is 3.18. The van der Waals surface area contributed by atoms with E-state index in [1.807, 2.05) is 42.2 Å². The molecule has 0 radical (unpaired) electrons. The van der Waals surface area contributed by atoms with Gasteiger partial charge in [0.05, 0.1) is 17.1 Å². The number of carbonyl (C=O) groups is 1. The molecular weight excluding hydrogens is 286 g/mol. The quantitative estimate of drug-likeness (QED) is 0.635. The van der Waals surface area contributed by atoms with E-state index in [1.165, 1.54) is 0 Å². The summed E-state index contributed by atoms with van der Waals surface area (Å²) in [7, 11) is 0. The van der Waals surface area contributed by atoms with Crippen LogP contribution in [0.15, 0.2) is 48.6 Å². The molecule has 0 aliphatic carbocycles. The zero-order chi connectivity index (χ0) is 16.2. The number of aromatic nitrogens is 2. The summed E-state index contributed by atoms with van der Waals surface area (Å²) >= 11 is 0. The van der Waals surface area contributed by atoms with Crippen LogP contribution in [0.2, 0.25) is 0 Å². The lowest BCUT2D eigenvalue weighted by atomic mass is 10.2. The van der Waals surface area contributed by atoms with Gasteiger partial charge in [-0.3, -0.25) is 4.79 Å². The van der Waals surface area contributed by atoms with E-state index >= 15 is 0 Å². The van der Waals surface area contributed by atoms with Crippen LogP contribution in [0.4, 0.5) is 0 Å². The molecule has 1 aliphatic heterocycles. The first-order valence-electron chi connectivity index (χ1n) is 8.31. The van der Waals surface area contributed by atoms with E-state index in [2.05, 4.69) is 17.6 Å². The minimum atomic E-state index is 0.0697. The van der Waals surface area contributed by atoms with Crippen LogP contribution < -0.4 is 0 Å². The number of carbonyl (C=O) groups excluding carboxylic acids is 1. The zero-order valence-electron chi connectivity index (χ0n) is 13.8. The number of amides is 1. The lowest BCUT2D eigenvalue weighted by molar-refractivity contribution is -0.127. The first-order chi connectivity index (χ1) is 11.3. The summed E-state index contributed by atoms with van der Waals surface area (Å²) in [5.41, 5.74) is 2.15. The first kappa shape index (κ1) is 15.5. The zero-order valence-corrected chi connectivity index (χ0v) is 13.8. The van der Waals surface area contributed by atoms with Crippen molar-refractivity contribution in [3.8, 4) is 0 Å². The number of fused-ring (bicyclic) bond motifs is 1. The van der Waals surface area contributed by atoms with Crippen LogP contribution in [0, 0.1) is 0 Å². The van der Waals surface area contributed by atoms with E-state index in [4.69, 9.17) is 4.98 Å². The van der Waals surface area contributed by atoms with Gasteiger partial charge in [-0.25, -0.2) is 4.98 Å². The molecule has 0 unspecified atom stereocenters. The summed E-state index contributed by atoms with van der Waals surface area (Å²) in [5, 5.41) is 0. The van der Waals surface area contributed by atoms with Gasteiger partial charge in [-0.05, 0) is 38.8 Å². The molecule has 1 aliphatic rings. The maximum atomic E-state index is 12.5. The molecule has 0 bridgehead atoms. The van der Waals surface area contributed by atoms with Gasteiger partial charge in [0.2, 0.25) is 5.91 Å². The van der Waals surface area contributed by atoms with Crippen molar-refractivity contribution < 1.29 is 4.79 Å². The Morgan fingerprint density at radius 3 is 2.96 bits per heavy atom. The van der Waals surface area contributed by atoms with E-state index in [0.717, 1.165) is 42.8 Å². The number of hydrogen-bond acceptors (Lipinski definition) is 2. The van der Waals surface area contributed by atoms with Crippen LogP contribution in [0.25, 0.3) is 11.0 Å². The van der Waals surface area contributed by atoms with E-state index in [0.29, 0.717) is 0 Å². The fourth-order valence-corrected chi connectivity index (χ4v) is 3.32. The fourth-order valence-electron chi connectivity index (χ4n) is 3.32. The molecule has 2 aromatic rings. The van der Waals surface area contributed by atoms with Gasteiger partial charge in [0.25, 0.3) is 0 Å². The van der Waals surface area contributed by atoms with Gasteiger partial charge < -0.3 is 9.47 Å². The summed E-state index contributed by atoms with van der Waals surface area (Å²) in [6.45, 7) is 5.74. The molecule has 1 amide bonds. The van der Waals surface area contributed by atoms with Gasteiger partial charge in [0.1, 0.15) is 5.82 Å². The Balaban J connectivity index is 1.95. The Morgan fingerprint density at radius 2 is 2.17 bits per heavy atom. The summed E-state index contributed by atoms with van der Waals surface area (Å²) in [5.74, 6) is 1.08. The van der Waals surface area contributed by atoms with E-state index in [1.54, 1.807) is 12.2 Å². The third-order valence-corrected chi connectivity index (χ3v) is 4.38. The number of rotatable bonds is 4. The number of aryl methyl sites for hydroxylation is 1. The third-order valence-electron chi connectivity index (χ3n) is 4.38. The van der Waals surface area contributed by atoms with Crippen LogP contribution in [0.5, 0.6) is 0 Å². The summed E-state index contributed by atoms with van der Waals surface area (Å²) in [4.78, 5) is 19.3. The molecule has 0 saturated carbocycles. The minimum absolute atomic E-state index is 0.0697. The monoisotopic (exact) mass is 309 g/mol. The molecule has 1 aromatic carbocycles. The highest BCUT2D eigenvalue weighted by Gasteiger charge is 2.32. The van der Waals surface area contributed by atoms with Crippen LogP contribution in [0.3, 0.4) is 0 Å². The minimum Gasteiger partial charge on any atom is -0.329 e. The maximum absolute atomic E-state index is 12.5. The lowest BCUT2D eigenvalue weighted by Crippen LogP contribution is -2.30. The number of likely N-dealkylation sites (tertiary alicyclic amines) is 1. The van der Waals surface area contributed by atoms with Crippen molar-refractivity contribution in [3.05, 3.63) is 54.4 Å². The number of hydrogen-bond donors (Lipinski definition) is 0. The SMILES string of the molecule is C/C=C/C=C\C(=O)N1CCC[C@@H]1c1nc2ccccc2n1CC. The summed E-state index contributed by atoms with van der Waals surface area (Å²) in [6, 6.07) is 8.26. The molecular formula is C19H23N3O. The summed E-state index contributed by atoms with van der Waals surface area (Å²) < 4.78 is 2.24. The molecule has 1 aromatic heterocycles. The normalized spacial score (nSPS) is 18.7. The lowest BCUT2D eigenvalue weighted by Gasteiger charge is -2.23. The number of benzene rings is 1. The Kier molecular flexibility index (Phi) is 4.60. The van der Waals surface area contributed by atoms with Crippen LogP contribution in [0.1, 0.15) is 38.6 Å². The van der Waals surface area contributed by atoms with E-state index in [9.17, 15) is 4.79 Å².